The number of carbonyl (C=O) groups is 1. The first-order chi connectivity index (χ1) is 36.6. The number of nitro benzene ring substituents is 1. The lowest BCUT2D eigenvalue weighted by molar-refractivity contribution is -0.384. The average molecular weight is 1050 g/mol. The highest BCUT2D eigenvalue weighted by molar-refractivity contribution is 7.90. The quantitative estimate of drug-likeness (QED) is 0.0561. The van der Waals surface area contributed by atoms with Crippen LogP contribution in [0.25, 0.3) is 11.0 Å². The molecule has 0 bridgehead atoms. The Morgan fingerprint density at radius 1 is 0.974 bits per heavy atom. The second-order valence-corrected chi connectivity index (χ2v) is 24.4. The number of nitro groups is 1. The lowest BCUT2D eigenvalue weighted by atomic mass is 9.59. The van der Waals surface area contributed by atoms with Gasteiger partial charge < -0.3 is 29.8 Å². The molecule has 5 heterocycles. The minimum Gasteiger partial charge on any atom is -0.493 e. The third kappa shape index (κ3) is 10.9. The van der Waals surface area contributed by atoms with E-state index in [-0.39, 0.29) is 28.3 Å². The number of nitrogens with one attached hydrogen (secondary N) is 3. The Hall–Kier alpha value is -6.53. The van der Waals surface area contributed by atoms with E-state index in [0.29, 0.717) is 48.8 Å². The molecule has 4 aromatic carbocycles. The molecule has 4 fully saturated rings. The normalized spacial score (nSPS) is 22.2. The SMILES string of the molecule is CC(C)c1ccccc1C1CN(Cc2cccc3c2CCCO3)CCN1C1CC2(CCN(c3ccc(C(=O)NS(=O)(=O)c4ccc(NCC5CCC(C)(O)CC5)c([N+](=O)[O-])c4)c(Oc4cnc5[nH]ccc5c4)c3)CC2)C1. The van der Waals surface area contributed by atoms with Gasteiger partial charge in [-0.25, -0.2) is 18.1 Å². The van der Waals surface area contributed by atoms with Crippen molar-refractivity contribution in [2.75, 3.05) is 56.1 Å². The highest BCUT2D eigenvalue weighted by atomic mass is 32.2. The Balaban J connectivity index is 0.780. The number of sulfonamides is 1. The molecule has 1 amide bonds. The molecule has 1 spiro atoms. The van der Waals surface area contributed by atoms with Crippen LogP contribution in [0.1, 0.15) is 123 Å². The Bertz CT molecular complexity index is 3220. The third-order valence-electron chi connectivity index (χ3n) is 17.2. The van der Waals surface area contributed by atoms with E-state index in [2.05, 4.69) is 91.0 Å². The summed E-state index contributed by atoms with van der Waals surface area (Å²) in [6.07, 6.45) is 12.6. The zero-order chi connectivity index (χ0) is 52.8. The number of hydrogen-bond donors (Lipinski definition) is 4. The summed E-state index contributed by atoms with van der Waals surface area (Å²) in [7, 11) is -4.59. The number of fused-ring (bicyclic) bond motifs is 2. The van der Waals surface area contributed by atoms with Crippen LogP contribution in [0.15, 0.2) is 108 Å². The van der Waals surface area contributed by atoms with Gasteiger partial charge in [0.1, 0.15) is 28.6 Å². The number of hydrogen-bond acceptors (Lipinski definition) is 13. The lowest BCUT2D eigenvalue weighted by Gasteiger charge is -2.58. The van der Waals surface area contributed by atoms with Crippen LogP contribution in [-0.4, -0.2) is 102 Å². The Labute approximate surface area is 445 Å². The summed E-state index contributed by atoms with van der Waals surface area (Å²) < 4.78 is 42.4. The van der Waals surface area contributed by atoms with E-state index in [4.69, 9.17) is 9.47 Å². The van der Waals surface area contributed by atoms with Crippen LogP contribution in [0.2, 0.25) is 0 Å². The fourth-order valence-corrected chi connectivity index (χ4v) is 13.8. The number of aliphatic hydroxyl groups is 1. The van der Waals surface area contributed by atoms with Crippen LogP contribution in [0.4, 0.5) is 17.1 Å². The molecular weight excluding hydrogens is 981 g/mol. The second kappa shape index (κ2) is 21.1. The van der Waals surface area contributed by atoms with Crippen molar-refractivity contribution < 1.29 is 32.7 Å². The highest BCUT2D eigenvalue weighted by Gasteiger charge is 2.50. The van der Waals surface area contributed by atoms with Gasteiger partial charge in [0.15, 0.2) is 0 Å². The largest absolute Gasteiger partial charge is 0.493 e. The van der Waals surface area contributed by atoms with E-state index in [1.54, 1.807) is 30.6 Å². The van der Waals surface area contributed by atoms with Crippen molar-refractivity contribution in [3.63, 3.8) is 0 Å². The molecule has 2 aliphatic carbocycles. The number of pyridine rings is 1. The molecule has 3 aliphatic heterocycles. The summed E-state index contributed by atoms with van der Waals surface area (Å²) in [4.78, 5) is 40.7. The zero-order valence-corrected chi connectivity index (χ0v) is 44.6. The molecule has 0 radical (unpaired) electrons. The van der Waals surface area contributed by atoms with Crippen LogP contribution < -0.4 is 24.4 Å². The molecule has 1 unspecified atom stereocenters. The molecule has 17 heteroatoms. The lowest BCUT2D eigenvalue weighted by Crippen LogP contribution is -2.60. The maximum Gasteiger partial charge on any atom is 0.293 e. The van der Waals surface area contributed by atoms with Crippen molar-refractivity contribution in [3.05, 3.63) is 141 Å². The van der Waals surface area contributed by atoms with E-state index in [1.165, 1.54) is 34.4 Å². The van der Waals surface area contributed by atoms with Crippen molar-refractivity contribution >= 4 is 44.0 Å². The van der Waals surface area contributed by atoms with Gasteiger partial charge in [0.05, 0.1) is 33.8 Å². The van der Waals surface area contributed by atoms with Crippen LogP contribution in [0.5, 0.6) is 17.2 Å². The van der Waals surface area contributed by atoms with Crippen molar-refractivity contribution in [3.8, 4) is 17.2 Å². The number of ether oxygens (including phenoxy) is 2. The Morgan fingerprint density at radius 3 is 2.57 bits per heavy atom. The van der Waals surface area contributed by atoms with Gasteiger partial charge in [0.2, 0.25) is 0 Å². The molecule has 2 saturated heterocycles. The Morgan fingerprint density at radius 2 is 1.78 bits per heavy atom. The zero-order valence-electron chi connectivity index (χ0n) is 43.8. The highest BCUT2D eigenvalue weighted by Crippen LogP contribution is 2.53. The fraction of sp³-hybridized carbons (Fsp3) is 0.458. The van der Waals surface area contributed by atoms with Gasteiger partial charge in [0.25, 0.3) is 21.6 Å². The number of piperazine rings is 1. The Kier molecular flexibility index (Phi) is 14.3. The number of anilines is 2. The van der Waals surface area contributed by atoms with E-state index in [9.17, 15) is 28.4 Å². The predicted octanol–water partition coefficient (Wildman–Crippen LogP) is 10.5. The van der Waals surface area contributed by atoms with Crippen LogP contribution in [0, 0.1) is 21.4 Å². The number of benzene rings is 4. The third-order valence-corrected chi connectivity index (χ3v) is 18.5. The summed E-state index contributed by atoms with van der Waals surface area (Å²) in [5.74, 6) is 1.23. The standard InChI is InChI=1S/C59H70N8O8S/c1-39(2)47-9-4-5-10-49(47)53-38-64(37-42-8-6-12-54-48(42)11-7-29-74-54)27-28-66(53)44-33-59(34-44)22-25-65(26-23-59)43-13-15-50(55(31-43)75-45-30-41-19-24-60-56(41)62-36-45)57(68)63-76(72,73)46-14-16-51(52(32-46)67(70)71)61-35-40-17-20-58(3,69)21-18-40/h4-6,8-10,12-16,19,24,30-32,36,39-40,44,53,61,69H,7,11,17-18,20-23,25-29,33-35,37-38H2,1-3H3,(H,60,62)(H,63,68). The summed E-state index contributed by atoms with van der Waals surface area (Å²) in [5, 5.41) is 26.5. The number of piperidine rings is 1. The molecule has 5 aliphatic rings. The molecule has 76 heavy (non-hydrogen) atoms. The van der Waals surface area contributed by atoms with Gasteiger partial charge in [0, 0.05) is 87.3 Å². The van der Waals surface area contributed by atoms with Gasteiger partial charge in [-0.3, -0.25) is 24.7 Å². The molecule has 16 nitrogen and oxygen atoms in total. The number of nitrogens with zero attached hydrogens (tertiary/aromatic N) is 5. The number of rotatable bonds is 15. The summed E-state index contributed by atoms with van der Waals surface area (Å²) >= 11 is 0. The van der Waals surface area contributed by atoms with Crippen molar-refractivity contribution in [1.82, 2.24) is 24.5 Å². The van der Waals surface area contributed by atoms with E-state index >= 15 is 0 Å². The fourth-order valence-electron chi connectivity index (χ4n) is 12.8. The van der Waals surface area contributed by atoms with Gasteiger partial charge in [-0.2, -0.15) is 0 Å². The number of aromatic nitrogens is 2. The summed E-state index contributed by atoms with van der Waals surface area (Å²) in [6.45, 7) is 13.2. The van der Waals surface area contributed by atoms with Crippen LogP contribution in [0.3, 0.4) is 0 Å². The van der Waals surface area contributed by atoms with Crippen LogP contribution >= 0.6 is 0 Å². The molecular formula is C59H70N8O8S. The first-order valence-electron chi connectivity index (χ1n) is 27.2. The van der Waals surface area contributed by atoms with Crippen molar-refractivity contribution in [1.29, 1.82) is 0 Å². The first kappa shape index (κ1) is 51.6. The number of H-pyrrole nitrogens is 1. The number of aromatic amines is 1. The van der Waals surface area contributed by atoms with E-state index in [0.717, 1.165) is 120 Å². The first-order valence-corrected chi connectivity index (χ1v) is 28.7. The number of carbonyl (C=O) groups excluding carboxylic acids is 1. The molecule has 4 N–H and O–H groups in total. The maximum atomic E-state index is 14.1. The summed E-state index contributed by atoms with van der Waals surface area (Å²) in [6, 6.07) is 28.8. The molecule has 2 aromatic heterocycles. The number of amides is 1. The van der Waals surface area contributed by atoms with E-state index in [1.807, 2.05) is 19.1 Å². The van der Waals surface area contributed by atoms with E-state index < -0.39 is 37.0 Å². The van der Waals surface area contributed by atoms with Gasteiger partial charge in [-0.1, -0.05) is 50.2 Å². The van der Waals surface area contributed by atoms with Gasteiger partial charge in [-0.05, 0) is 153 Å². The minimum atomic E-state index is -4.59. The van der Waals surface area contributed by atoms with Gasteiger partial charge in [-0.15, -0.1) is 0 Å². The van der Waals surface area contributed by atoms with Crippen molar-refractivity contribution in [2.45, 2.75) is 120 Å². The monoisotopic (exact) mass is 1050 g/mol. The van der Waals surface area contributed by atoms with Gasteiger partial charge >= 0.3 is 0 Å². The smallest absolute Gasteiger partial charge is 0.293 e. The minimum absolute atomic E-state index is 0.0260. The predicted molar refractivity (Wildman–Crippen MR) is 294 cm³/mol. The molecule has 1 atom stereocenters. The maximum absolute atomic E-state index is 14.1. The molecule has 11 rings (SSSR count). The molecule has 2 saturated carbocycles. The molecule has 400 valence electrons. The molecule has 6 aromatic rings. The second-order valence-electron chi connectivity index (χ2n) is 22.7. The average Bonchev–Trinajstić information content (AvgIpc) is 3.92. The van der Waals surface area contributed by atoms with Crippen molar-refractivity contribution in [2.24, 2.45) is 11.3 Å². The van der Waals surface area contributed by atoms with Crippen LogP contribution in [-0.2, 0) is 23.0 Å². The topological polar surface area (TPSA) is 195 Å². The summed E-state index contributed by atoms with van der Waals surface area (Å²) in [5.41, 5.74) is 6.38.